The molecule has 39 heavy (non-hydrogen) atoms. The number of halogens is 4. The Kier molecular flexibility index (Phi) is 6.57. The fourth-order valence-corrected chi connectivity index (χ4v) is 4.69. The highest BCUT2D eigenvalue weighted by Crippen LogP contribution is 2.40. The zero-order chi connectivity index (χ0) is 27.9. The second-order valence-electron chi connectivity index (χ2n) is 10.3. The van der Waals surface area contributed by atoms with Crippen molar-refractivity contribution in [2.24, 2.45) is 5.41 Å². The third kappa shape index (κ3) is 5.45. The molecular weight excluding hydrogens is 512 g/mol. The average molecular weight is 537 g/mol. The maximum Gasteiger partial charge on any atom is 0.416 e. The van der Waals surface area contributed by atoms with E-state index in [4.69, 9.17) is 0 Å². The summed E-state index contributed by atoms with van der Waals surface area (Å²) in [7, 11) is 0. The first kappa shape index (κ1) is 26.3. The quantitative estimate of drug-likeness (QED) is 0.309. The molecule has 1 amide bonds. The molecular formula is C29H24F4N4O2. The zero-order valence-electron chi connectivity index (χ0n) is 21.1. The van der Waals surface area contributed by atoms with E-state index in [2.05, 4.69) is 15.4 Å². The highest BCUT2D eigenvalue weighted by molar-refractivity contribution is 6.04. The number of pyridine rings is 1. The predicted molar refractivity (Wildman–Crippen MR) is 136 cm³/mol. The number of fused-ring (bicyclic) bond motifs is 1. The molecule has 4 aromatic rings. The van der Waals surface area contributed by atoms with Gasteiger partial charge in [0.1, 0.15) is 11.5 Å². The Morgan fingerprint density at radius 2 is 1.69 bits per heavy atom. The lowest BCUT2D eigenvalue weighted by molar-refractivity contribution is -0.137. The van der Waals surface area contributed by atoms with E-state index >= 15 is 0 Å². The number of carbonyl (C=O) groups is 2. The minimum absolute atomic E-state index is 0.140. The number of benzene rings is 2. The van der Waals surface area contributed by atoms with E-state index in [0.717, 1.165) is 17.7 Å². The number of hydrogen-bond donors (Lipinski definition) is 1. The summed E-state index contributed by atoms with van der Waals surface area (Å²) in [5.74, 6) is -0.510. The topological polar surface area (TPSA) is 76.9 Å². The predicted octanol–water partition coefficient (Wildman–Crippen LogP) is 6.18. The molecule has 1 aliphatic rings. The van der Waals surface area contributed by atoms with Crippen LogP contribution in [0, 0.1) is 11.2 Å². The first-order valence-corrected chi connectivity index (χ1v) is 12.2. The van der Waals surface area contributed by atoms with E-state index in [1.54, 1.807) is 24.3 Å². The van der Waals surface area contributed by atoms with Gasteiger partial charge in [0.25, 0.3) is 5.91 Å². The van der Waals surface area contributed by atoms with Crippen molar-refractivity contribution in [3.05, 3.63) is 101 Å². The van der Waals surface area contributed by atoms with Gasteiger partial charge in [-0.3, -0.25) is 9.59 Å². The molecule has 1 N–H and O–H groups in total. The number of alkyl halides is 3. The van der Waals surface area contributed by atoms with E-state index < -0.39 is 11.7 Å². The van der Waals surface area contributed by atoms with E-state index in [0.29, 0.717) is 40.3 Å². The minimum atomic E-state index is -4.48. The van der Waals surface area contributed by atoms with Crippen molar-refractivity contribution in [2.45, 2.75) is 39.4 Å². The van der Waals surface area contributed by atoms with Crippen LogP contribution in [0.4, 0.5) is 17.6 Å². The Morgan fingerprint density at radius 1 is 1.00 bits per heavy atom. The van der Waals surface area contributed by atoms with Gasteiger partial charge in [0.15, 0.2) is 11.6 Å². The third-order valence-corrected chi connectivity index (χ3v) is 6.62. The average Bonchev–Trinajstić information content (AvgIpc) is 3.26. The van der Waals surface area contributed by atoms with Gasteiger partial charge in [-0.05, 0) is 53.8 Å². The molecule has 6 nitrogen and oxygen atoms in total. The van der Waals surface area contributed by atoms with Crippen LogP contribution in [-0.4, -0.2) is 26.5 Å². The summed E-state index contributed by atoms with van der Waals surface area (Å²) in [4.78, 5) is 30.2. The van der Waals surface area contributed by atoms with Crippen LogP contribution in [0.3, 0.4) is 0 Å². The van der Waals surface area contributed by atoms with E-state index in [-0.39, 0.29) is 35.9 Å². The zero-order valence-corrected chi connectivity index (χ0v) is 21.1. The summed E-state index contributed by atoms with van der Waals surface area (Å²) in [5.41, 5.74) is 1.57. The van der Waals surface area contributed by atoms with Gasteiger partial charge < -0.3 is 5.32 Å². The fourth-order valence-electron chi connectivity index (χ4n) is 4.69. The summed E-state index contributed by atoms with van der Waals surface area (Å²) < 4.78 is 53.9. The van der Waals surface area contributed by atoms with Crippen molar-refractivity contribution in [3.8, 4) is 17.1 Å². The van der Waals surface area contributed by atoms with Crippen LogP contribution >= 0.6 is 0 Å². The Hall–Kier alpha value is -4.34. The molecule has 5 rings (SSSR count). The second kappa shape index (κ2) is 9.76. The van der Waals surface area contributed by atoms with Gasteiger partial charge in [-0.15, -0.1) is 0 Å². The van der Waals surface area contributed by atoms with E-state index in [9.17, 15) is 27.2 Å². The molecule has 0 atom stereocenters. The standard InChI is InChI=1S/C29H24F4N4O2/c1-28(2)13-22-25(23(38)14-28)26(18-5-8-20(9-6-18)29(31,32)33)36-37(22)24-12-7-19(16-34-24)27(39)35-15-17-3-10-21(30)11-4-17/h3-12,16H,13-15H2,1-2H3,(H,35,39). The Morgan fingerprint density at radius 3 is 2.31 bits per heavy atom. The molecule has 2 aromatic carbocycles. The lowest BCUT2D eigenvalue weighted by Gasteiger charge is -2.29. The normalized spacial score (nSPS) is 14.7. The number of rotatable bonds is 5. The van der Waals surface area contributed by atoms with Crippen LogP contribution in [0.25, 0.3) is 17.1 Å². The van der Waals surface area contributed by atoms with Gasteiger partial charge in [0, 0.05) is 24.7 Å². The molecule has 0 radical (unpaired) electrons. The number of hydrogen-bond acceptors (Lipinski definition) is 4. The summed E-state index contributed by atoms with van der Waals surface area (Å²) in [5, 5.41) is 7.37. The van der Waals surface area contributed by atoms with Crippen LogP contribution in [0.15, 0.2) is 66.9 Å². The molecule has 0 spiro atoms. The van der Waals surface area contributed by atoms with Crippen LogP contribution < -0.4 is 5.32 Å². The van der Waals surface area contributed by atoms with Gasteiger partial charge in [-0.25, -0.2) is 14.1 Å². The van der Waals surface area contributed by atoms with Gasteiger partial charge in [0.2, 0.25) is 0 Å². The largest absolute Gasteiger partial charge is 0.416 e. The summed E-state index contributed by atoms with van der Waals surface area (Å²) in [6.07, 6.45) is -2.31. The molecule has 0 saturated carbocycles. The number of aromatic nitrogens is 3. The Bertz CT molecular complexity index is 1540. The van der Waals surface area contributed by atoms with Gasteiger partial charge in [-0.1, -0.05) is 38.1 Å². The number of amides is 1. The third-order valence-electron chi connectivity index (χ3n) is 6.62. The molecule has 0 aliphatic heterocycles. The van der Waals surface area contributed by atoms with Crippen LogP contribution in [0.5, 0.6) is 0 Å². The molecule has 0 unspecified atom stereocenters. The summed E-state index contributed by atoms with van der Waals surface area (Å²) in [6, 6.07) is 13.5. The summed E-state index contributed by atoms with van der Waals surface area (Å²) in [6.45, 7) is 4.14. The molecule has 0 bridgehead atoms. The van der Waals surface area contributed by atoms with Crippen molar-refractivity contribution in [2.75, 3.05) is 0 Å². The first-order valence-electron chi connectivity index (χ1n) is 12.2. The number of nitrogens with zero attached hydrogens (tertiary/aromatic N) is 3. The molecule has 200 valence electrons. The van der Waals surface area contributed by atoms with Crippen molar-refractivity contribution in [3.63, 3.8) is 0 Å². The van der Waals surface area contributed by atoms with E-state index in [1.807, 2.05) is 13.8 Å². The molecule has 10 heteroatoms. The van der Waals surface area contributed by atoms with Crippen LogP contribution in [-0.2, 0) is 19.1 Å². The number of Topliss-reactive ketones (excluding diaryl/α,β-unsaturated/α-hetero) is 1. The monoisotopic (exact) mass is 536 g/mol. The summed E-state index contributed by atoms with van der Waals surface area (Å²) >= 11 is 0. The second-order valence-corrected chi connectivity index (χ2v) is 10.3. The highest BCUT2D eigenvalue weighted by Gasteiger charge is 2.37. The number of carbonyl (C=O) groups excluding carboxylic acids is 2. The number of ketones is 1. The molecule has 2 aromatic heterocycles. The maximum absolute atomic E-state index is 13.2. The highest BCUT2D eigenvalue weighted by atomic mass is 19.4. The fraction of sp³-hybridized carbons (Fsp3) is 0.241. The van der Waals surface area contributed by atoms with E-state index in [1.165, 1.54) is 35.1 Å². The lowest BCUT2D eigenvalue weighted by atomic mass is 9.75. The Labute approximate surface area is 221 Å². The minimum Gasteiger partial charge on any atom is -0.348 e. The SMILES string of the molecule is CC1(C)CC(=O)c2c(-c3ccc(C(F)(F)F)cc3)nn(-c3ccc(C(=O)NCc4ccc(F)cc4)cn3)c2C1. The first-order chi connectivity index (χ1) is 18.4. The Balaban J connectivity index is 1.46. The number of nitrogens with one attached hydrogen (secondary N) is 1. The molecule has 1 aliphatic carbocycles. The molecule has 0 saturated heterocycles. The van der Waals surface area contributed by atoms with Crippen LogP contribution in [0.1, 0.15) is 57.8 Å². The van der Waals surface area contributed by atoms with Crippen molar-refractivity contribution < 1.29 is 27.2 Å². The van der Waals surface area contributed by atoms with Crippen LogP contribution in [0.2, 0.25) is 0 Å². The molecule has 2 heterocycles. The molecule has 0 fully saturated rings. The lowest BCUT2D eigenvalue weighted by Crippen LogP contribution is -2.28. The van der Waals surface area contributed by atoms with Gasteiger partial charge >= 0.3 is 6.18 Å². The van der Waals surface area contributed by atoms with Crippen molar-refractivity contribution >= 4 is 11.7 Å². The smallest absolute Gasteiger partial charge is 0.348 e. The maximum atomic E-state index is 13.2. The van der Waals surface area contributed by atoms with Crippen molar-refractivity contribution in [1.82, 2.24) is 20.1 Å². The van der Waals surface area contributed by atoms with Crippen molar-refractivity contribution in [1.29, 1.82) is 0 Å². The van der Waals surface area contributed by atoms with Gasteiger partial charge in [-0.2, -0.15) is 18.3 Å². The van der Waals surface area contributed by atoms with Gasteiger partial charge in [0.05, 0.1) is 22.4 Å².